The fraction of sp³-hybridized carbons (Fsp3) is 0.533. The summed E-state index contributed by atoms with van der Waals surface area (Å²) in [7, 11) is 3.25. The summed E-state index contributed by atoms with van der Waals surface area (Å²) in [5, 5.41) is 6.74. The molecule has 8 heteroatoms. The van der Waals surface area contributed by atoms with E-state index in [1.165, 1.54) is 0 Å². The number of nitrogens with one attached hydrogen (secondary N) is 2. The predicted molar refractivity (Wildman–Crippen MR) is 147 cm³/mol. The van der Waals surface area contributed by atoms with Crippen molar-refractivity contribution < 1.29 is 23.8 Å². The van der Waals surface area contributed by atoms with Crippen LogP contribution in [0.4, 0.5) is 0 Å². The molecule has 2 aromatic rings. The van der Waals surface area contributed by atoms with Gasteiger partial charge in [0.15, 0.2) is 11.5 Å². The normalized spacial score (nSPS) is 19.0. The van der Waals surface area contributed by atoms with Gasteiger partial charge in [-0.15, -0.1) is 0 Å². The van der Waals surface area contributed by atoms with Crippen molar-refractivity contribution in [2.24, 2.45) is 0 Å². The number of hydrogen-bond acceptors (Lipinski definition) is 6. The number of methoxy groups -OCH3 is 2. The molecule has 4 rings (SSSR count). The molecule has 1 heterocycles. The molecule has 1 aliphatic carbocycles. The summed E-state index contributed by atoms with van der Waals surface area (Å²) in [4.78, 5) is 28.0. The van der Waals surface area contributed by atoms with Crippen molar-refractivity contribution in [2.75, 3.05) is 40.5 Å². The van der Waals surface area contributed by atoms with Gasteiger partial charge in [-0.25, -0.2) is 0 Å². The molecule has 2 N–H and O–H groups in total. The van der Waals surface area contributed by atoms with Crippen molar-refractivity contribution in [1.29, 1.82) is 0 Å². The highest BCUT2D eigenvalue weighted by Gasteiger charge is 2.33. The number of hydrogen-bond donors (Lipinski definition) is 2. The maximum Gasteiger partial charge on any atom is 0.251 e. The number of nitrogens with zero attached hydrogens (tertiary/aromatic N) is 1. The fourth-order valence-corrected chi connectivity index (χ4v) is 4.93. The molecule has 38 heavy (non-hydrogen) atoms. The topological polar surface area (TPSA) is 89.1 Å². The molecule has 1 aliphatic heterocycles. The second-order valence-corrected chi connectivity index (χ2v) is 10.2. The Morgan fingerprint density at radius 3 is 2.50 bits per heavy atom. The van der Waals surface area contributed by atoms with Crippen LogP contribution >= 0.6 is 0 Å². The third-order valence-corrected chi connectivity index (χ3v) is 7.25. The van der Waals surface area contributed by atoms with E-state index in [9.17, 15) is 9.59 Å². The van der Waals surface area contributed by atoms with Crippen LogP contribution in [-0.2, 0) is 16.0 Å². The van der Waals surface area contributed by atoms with Gasteiger partial charge >= 0.3 is 0 Å². The van der Waals surface area contributed by atoms with E-state index in [4.69, 9.17) is 14.2 Å². The molecule has 2 atom stereocenters. The minimum absolute atomic E-state index is 0.0613. The van der Waals surface area contributed by atoms with Crippen molar-refractivity contribution in [2.45, 2.75) is 63.1 Å². The molecule has 1 saturated carbocycles. The smallest absolute Gasteiger partial charge is 0.251 e. The van der Waals surface area contributed by atoms with Crippen LogP contribution in [0.5, 0.6) is 11.5 Å². The van der Waals surface area contributed by atoms with Gasteiger partial charge < -0.3 is 29.7 Å². The van der Waals surface area contributed by atoms with E-state index in [1.54, 1.807) is 32.4 Å². The zero-order valence-electron chi connectivity index (χ0n) is 22.6. The van der Waals surface area contributed by atoms with Crippen LogP contribution in [0.2, 0.25) is 0 Å². The number of amides is 2. The van der Waals surface area contributed by atoms with Gasteiger partial charge in [-0.1, -0.05) is 30.3 Å². The molecular weight excluding hydrogens is 482 g/mol. The number of rotatable bonds is 14. The summed E-state index contributed by atoms with van der Waals surface area (Å²) in [6.07, 6.45) is 6.24. The number of carbonyl (C=O) groups excluding carboxylic acids is 2. The Kier molecular flexibility index (Phi) is 10.4. The summed E-state index contributed by atoms with van der Waals surface area (Å²) in [5.74, 6) is 1.26. The molecule has 1 unspecified atom stereocenters. The highest BCUT2D eigenvalue weighted by atomic mass is 16.5. The van der Waals surface area contributed by atoms with E-state index in [1.807, 2.05) is 30.3 Å². The lowest BCUT2D eigenvalue weighted by molar-refractivity contribution is -0.131. The third kappa shape index (κ3) is 8.20. The Bertz CT molecular complexity index is 1040. The van der Waals surface area contributed by atoms with Crippen molar-refractivity contribution in [3.8, 4) is 11.5 Å². The molecule has 2 aliphatic rings. The second-order valence-electron chi connectivity index (χ2n) is 10.2. The first kappa shape index (κ1) is 27.9. The lowest BCUT2D eigenvalue weighted by Crippen LogP contribution is -2.50. The Balaban J connectivity index is 1.22. The van der Waals surface area contributed by atoms with E-state index in [0.29, 0.717) is 55.3 Å². The van der Waals surface area contributed by atoms with Gasteiger partial charge in [0.05, 0.1) is 20.1 Å². The molecule has 206 valence electrons. The largest absolute Gasteiger partial charge is 0.493 e. The second kappa shape index (κ2) is 14.2. The van der Waals surface area contributed by atoms with Crippen molar-refractivity contribution >= 4 is 11.8 Å². The molecule has 8 nitrogen and oxygen atoms in total. The highest BCUT2D eigenvalue weighted by molar-refractivity contribution is 5.95. The molecule has 2 aromatic carbocycles. The van der Waals surface area contributed by atoms with Crippen LogP contribution < -0.4 is 20.1 Å². The SMILES string of the molecule is COCCCOc1cc(C(=O)NC2CC[C@@H](CCN(C(=O)Cc3ccccc3)C3CC3)NC2)ccc1OC. The predicted octanol–water partition coefficient (Wildman–Crippen LogP) is 3.58. The van der Waals surface area contributed by atoms with Crippen LogP contribution in [0, 0.1) is 0 Å². The molecule has 1 saturated heterocycles. The zero-order chi connectivity index (χ0) is 26.7. The highest BCUT2D eigenvalue weighted by Crippen LogP contribution is 2.29. The number of ether oxygens (including phenoxy) is 3. The lowest BCUT2D eigenvalue weighted by atomic mass is 9.97. The van der Waals surface area contributed by atoms with Gasteiger partial charge in [-0.2, -0.15) is 0 Å². The monoisotopic (exact) mass is 523 g/mol. The minimum atomic E-state index is -0.119. The quantitative estimate of drug-likeness (QED) is 0.368. The molecule has 2 fully saturated rings. The van der Waals surface area contributed by atoms with Crippen molar-refractivity contribution in [3.63, 3.8) is 0 Å². The minimum Gasteiger partial charge on any atom is -0.493 e. The Labute approximate surface area is 226 Å². The maximum atomic E-state index is 13.0. The van der Waals surface area contributed by atoms with Crippen LogP contribution in [0.15, 0.2) is 48.5 Å². The average Bonchev–Trinajstić information content (AvgIpc) is 3.78. The summed E-state index contributed by atoms with van der Waals surface area (Å²) in [6.45, 7) is 2.60. The molecule has 2 amide bonds. The average molecular weight is 524 g/mol. The van der Waals surface area contributed by atoms with Gasteiger partial charge in [-0.3, -0.25) is 9.59 Å². The van der Waals surface area contributed by atoms with E-state index in [0.717, 1.165) is 50.6 Å². The van der Waals surface area contributed by atoms with Gasteiger partial charge in [0.1, 0.15) is 0 Å². The van der Waals surface area contributed by atoms with Crippen molar-refractivity contribution in [1.82, 2.24) is 15.5 Å². The van der Waals surface area contributed by atoms with Crippen LogP contribution in [0.3, 0.4) is 0 Å². The Morgan fingerprint density at radius 2 is 1.82 bits per heavy atom. The lowest BCUT2D eigenvalue weighted by Gasteiger charge is -2.32. The fourth-order valence-electron chi connectivity index (χ4n) is 4.93. The van der Waals surface area contributed by atoms with Gasteiger partial charge in [-0.05, 0) is 55.9 Å². The van der Waals surface area contributed by atoms with Crippen molar-refractivity contribution in [3.05, 3.63) is 59.7 Å². The molecule has 0 radical (unpaired) electrons. The summed E-state index contributed by atoms with van der Waals surface area (Å²) in [6, 6.07) is 16.0. The van der Waals surface area contributed by atoms with E-state index in [2.05, 4.69) is 15.5 Å². The van der Waals surface area contributed by atoms with Gasteiger partial charge in [0.2, 0.25) is 5.91 Å². The van der Waals surface area contributed by atoms with E-state index < -0.39 is 0 Å². The zero-order valence-corrected chi connectivity index (χ0v) is 22.6. The van der Waals surface area contributed by atoms with Crippen LogP contribution in [0.1, 0.15) is 54.4 Å². The van der Waals surface area contributed by atoms with Gasteiger partial charge in [0.25, 0.3) is 5.91 Å². The van der Waals surface area contributed by atoms with E-state index >= 15 is 0 Å². The number of benzene rings is 2. The summed E-state index contributed by atoms with van der Waals surface area (Å²) < 4.78 is 16.3. The van der Waals surface area contributed by atoms with Gasteiger partial charge in [0, 0.05) is 56.9 Å². The molecule has 0 bridgehead atoms. The maximum absolute atomic E-state index is 13.0. The number of piperidine rings is 1. The first-order chi connectivity index (χ1) is 18.6. The summed E-state index contributed by atoms with van der Waals surface area (Å²) >= 11 is 0. The molecule has 0 aromatic heterocycles. The van der Waals surface area contributed by atoms with Crippen LogP contribution in [0.25, 0.3) is 0 Å². The first-order valence-corrected chi connectivity index (χ1v) is 13.7. The number of carbonyl (C=O) groups is 2. The van der Waals surface area contributed by atoms with Crippen LogP contribution in [-0.4, -0.2) is 75.4 Å². The third-order valence-electron chi connectivity index (χ3n) is 7.25. The molecular formula is C30H41N3O5. The van der Waals surface area contributed by atoms with E-state index in [-0.39, 0.29) is 17.9 Å². The first-order valence-electron chi connectivity index (χ1n) is 13.7. The Morgan fingerprint density at radius 1 is 1.00 bits per heavy atom. The Hall–Kier alpha value is -3.10. The molecule has 0 spiro atoms. The summed E-state index contributed by atoms with van der Waals surface area (Å²) in [5.41, 5.74) is 1.62. The standard InChI is InChI=1S/C30H41N3O5/c1-36-17-6-18-38-28-20-23(9-14-27(28)37-2)30(35)32-25-11-10-24(31-21-25)15-16-33(26-12-13-26)29(34)19-22-7-4-3-5-8-22/h3-5,7-9,14,20,24-26,31H,6,10-13,15-19,21H2,1-2H3,(H,32,35)/t24-,25?/m0/s1.